The average Bonchev–Trinajstić information content (AvgIpc) is 2.62. The minimum absolute atomic E-state index is 0.0544. The van der Waals surface area contributed by atoms with Crippen molar-refractivity contribution < 1.29 is 14.3 Å². The Bertz CT molecular complexity index is 677. The molecule has 0 saturated heterocycles. The molecule has 1 heterocycles. The van der Waals surface area contributed by atoms with E-state index in [0.717, 1.165) is 10.5 Å². The monoisotopic (exact) mass is 345 g/mol. The molecule has 0 fully saturated rings. The van der Waals surface area contributed by atoms with Gasteiger partial charge in [-0.25, -0.2) is 4.79 Å². The molecule has 0 spiro atoms. The van der Waals surface area contributed by atoms with Gasteiger partial charge in [0.2, 0.25) is 0 Å². The Morgan fingerprint density at radius 1 is 1.17 bits per heavy atom. The normalized spacial score (nSPS) is 11.4. The number of pyridine rings is 1. The number of thioether (sulfide) groups is 1. The first-order valence-electron chi connectivity index (χ1n) is 7.30. The lowest BCUT2D eigenvalue weighted by atomic mass is 10.0. The molecular formula is C17H19N3O3S. The van der Waals surface area contributed by atoms with Crippen LogP contribution in [0.2, 0.25) is 0 Å². The number of carbonyl (C=O) groups is 2. The van der Waals surface area contributed by atoms with Crippen molar-refractivity contribution in [3.8, 4) is 0 Å². The highest BCUT2D eigenvalue weighted by Crippen LogP contribution is 2.22. The summed E-state index contributed by atoms with van der Waals surface area (Å²) >= 11 is 1.63. The smallest absolute Gasteiger partial charge is 0.319 e. The van der Waals surface area contributed by atoms with Gasteiger partial charge < -0.3 is 15.4 Å². The maximum absolute atomic E-state index is 12.2. The van der Waals surface area contributed by atoms with Crippen molar-refractivity contribution in [1.82, 2.24) is 10.3 Å². The van der Waals surface area contributed by atoms with Gasteiger partial charge in [0, 0.05) is 23.0 Å². The molecule has 2 amide bonds. The standard InChI is InChI=1S/C17H19N3O3S/c1-23-16(21)11-15(12-3-5-14(24-2)6-4-12)20-17(22)19-13-7-9-18-10-8-13/h3-10,15H,11H2,1-2H3,(H2,18,19,20,22). The van der Waals surface area contributed by atoms with E-state index in [-0.39, 0.29) is 6.42 Å². The zero-order chi connectivity index (χ0) is 17.4. The molecule has 6 nitrogen and oxygen atoms in total. The number of hydrogen-bond acceptors (Lipinski definition) is 5. The summed E-state index contributed by atoms with van der Waals surface area (Å²) < 4.78 is 4.72. The lowest BCUT2D eigenvalue weighted by molar-refractivity contribution is -0.141. The Morgan fingerprint density at radius 2 is 1.83 bits per heavy atom. The van der Waals surface area contributed by atoms with Crippen LogP contribution in [0.25, 0.3) is 0 Å². The Morgan fingerprint density at radius 3 is 2.42 bits per heavy atom. The zero-order valence-electron chi connectivity index (χ0n) is 13.5. The molecular weight excluding hydrogens is 326 g/mol. The third-order valence-electron chi connectivity index (χ3n) is 3.36. The van der Waals surface area contributed by atoms with E-state index in [4.69, 9.17) is 4.74 Å². The van der Waals surface area contributed by atoms with E-state index in [1.807, 2.05) is 30.5 Å². The molecule has 0 radical (unpaired) electrons. The summed E-state index contributed by atoms with van der Waals surface area (Å²) in [7, 11) is 1.33. The van der Waals surface area contributed by atoms with Crippen LogP contribution in [-0.2, 0) is 9.53 Å². The molecule has 0 aliphatic rings. The maximum atomic E-state index is 12.2. The highest BCUT2D eigenvalue weighted by atomic mass is 32.2. The first-order chi connectivity index (χ1) is 11.6. The van der Waals surface area contributed by atoms with Crippen LogP contribution in [0.1, 0.15) is 18.0 Å². The van der Waals surface area contributed by atoms with E-state index in [0.29, 0.717) is 5.69 Å². The number of hydrogen-bond donors (Lipinski definition) is 2. The van der Waals surface area contributed by atoms with Gasteiger partial charge in [0.25, 0.3) is 0 Å². The number of nitrogens with one attached hydrogen (secondary N) is 2. The van der Waals surface area contributed by atoms with Gasteiger partial charge in [0.15, 0.2) is 0 Å². The number of carbonyl (C=O) groups excluding carboxylic acids is 2. The van der Waals surface area contributed by atoms with Crippen molar-refractivity contribution in [2.75, 3.05) is 18.7 Å². The Balaban J connectivity index is 2.09. The molecule has 126 valence electrons. The van der Waals surface area contributed by atoms with Crippen molar-refractivity contribution in [3.63, 3.8) is 0 Å². The SMILES string of the molecule is COC(=O)CC(NC(=O)Nc1ccncc1)c1ccc(SC)cc1. The average molecular weight is 345 g/mol. The Labute approximate surface area is 145 Å². The third kappa shape index (κ3) is 5.27. The third-order valence-corrected chi connectivity index (χ3v) is 4.10. The zero-order valence-corrected chi connectivity index (χ0v) is 14.3. The minimum Gasteiger partial charge on any atom is -0.469 e. The molecule has 1 aromatic carbocycles. The fraction of sp³-hybridized carbons (Fsp3) is 0.235. The molecule has 1 unspecified atom stereocenters. The number of amides is 2. The van der Waals surface area contributed by atoms with E-state index in [1.165, 1.54) is 7.11 Å². The van der Waals surface area contributed by atoms with Crippen molar-refractivity contribution in [3.05, 3.63) is 54.4 Å². The van der Waals surface area contributed by atoms with Crippen molar-refractivity contribution >= 4 is 29.4 Å². The second-order valence-electron chi connectivity index (χ2n) is 4.94. The number of benzene rings is 1. The second-order valence-corrected chi connectivity index (χ2v) is 5.82. The Hall–Kier alpha value is -2.54. The summed E-state index contributed by atoms with van der Waals surface area (Å²) in [5, 5.41) is 5.52. The summed E-state index contributed by atoms with van der Waals surface area (Å²) in [6.07, 6.45) is 5.21. The highest BCUT2D eigenvalue weighted by molar-refractivity contribution is 7.98. The van der Waals surface area contributed by atoms with Gasteiger partial charge in [-0.15, -0.1) is 11.8 Å². The summed E-state index contributed by atoms with van der Waals surface area (Å²) in [5.74, 6) is -0.391. The number of ether oxygens (including phenoxy) is 1. The summed E-state index contributed by atoms with van der Waals surface area (Å²) in [4.78, 5) is 28.8. The molecule has 0 bridgehead atoms. The van der Waals surface area contributed by atoms with Gasteiger partial charge >= 0.3 is 12.0 Å². The fourth-order valence-electron chi connectivity index (χ4n) is 2.10. The number of aromatic nitrogens is 1. The van der Waals surface area contributed by atoms with E-state index in [9.17, 15) is 9.59 Å². The number of nitrogens with zero attached hydrogens (tertiary/aromatic N) is 1. The quantitative estimate of drug-likeness (QED) is 0.621. The molecule has 2 N–H and O–H groups in total. The van der Waals surface area contributed by atoms with E-state index in [2.05, 4.69) is 15.6 Å². The molecule has 0 aliphatic carbocycles. The van der Waals surface area contributed by atoms with Gasteiger partial charge in [-0.3, -0.25) is 9.78 Å². The van der Waals surface area contributed by atoms with Crippen LogP contribution in [0.15, 0.2) is 53.7 Å². The van der Waals surface area contributed by atoms with Gasteiger partial charge in [0.1, 0.15) is 0 Å². The first-order valence-corrected chi connectivity index (χ1v) is 8.53. The molecule has 1 atom stereocenters. The number of anilines is 1. The predicted octanol–water partition coefficient (Wildman–Crippen LogP) is 3.23. The van der Waals surface area contributed by atoms with E-state index >= 15 is 0 Å². The van der Waals surface area contributed by atoms with Crippen LogP contribution in [0, 0.1) is 0 Å². The van der Waals surface area contributed by atoms with Gasteiger partial charge in [-0.1, -0.05) is 12.1 Å². The van der Waals surface area contributed by atoms with Crippen molar-refractivity contribution in [1.29, 1.82) is 0 Å². The first kappa shape index (κ1) is 17.8. The topological polar surface area (TPSA) is 80.3 Å². The fourth-order valence-corrected chi connectivity index (χ4v) is 2.51. The molecule has 24 heavy (non-hydrogen) atoms. The maximum Gasteiger partial charge on any atom is 0.319 e. The summed E-state index contributed by atoms with van der Waals surface area (Å²) in [5.41, 5.74) is 1.46. The van der Waals surface area contributed by atoms with Gasteiger partial charge in [0.05, 0.1) is 19.6 Å². The predicted molar refractivity (Wildman–Crippen MR) is 94.0 cm³/mol. The van der Waals surface area contributed by atoms with E-state index < -0.39 is 18.0 Å². The summed E-state index contributed by atoms with van der Waals surface area (Å²) in [6.45, 7) is 0. The molecule has 2 aromatic rings. The number of rotatable bonds is 6. The van der Waals surface area contributed by atoms with Crippen LogP contribution in [-0.4, -0.2) is 30.3 Å². The van der Waals surface area contributed by atoms with Crippen LogP contribution in [0.3, 0.4) is 0 Å². The largest absolute Gasteiger partial charge is 0.469 e. The second kappa shape index (κ2) is 8.93. The minimum atomic E-state index is -0.477. The van der Waals surface area contributed by atoms with Crippen molar-refractivity contribution in [2.24, 2.45) is 0 Å². The van der Waals surface area contributed by atoms with Crippen LogP contribution in [0.5, 0.6) is 0 Å². The lowest BCUT2D eigenvalue weighted by Gasteiger charge is -2.19. The lowest BCUT2D eigenvalue weighted by Crippen LogP contribution is -2.34. The van der Waals surface area contributed by atoms with E-state index in [1.54, 1.807) is 36.3 Å². The highest BCUT2D eigenvalue weighted by Gasteiger charge is 2.19. The summed E-state index contributed by atoms with van der Waals surface area (Å²) in [6, 6.07) is 10.2. The molecule has 0 aliphatic heterocycles. The number of urea groups is 1. The van der Waals surface area contributed by atoms with Crippen LogP contribution >= 0.6 is 11.8 Å². The molecule has 7 heteroatoms. The molecule has 0 saturated carbocycles. The Kier molecular flexibility index (Phi) is 6.62. The van der Waals surface area contributed by atoms with Gasteiger partial charge in [-0.05, 0) is 36.1 Å². The van der Waals surface area contributed by atoms with Crippen molar-refractivity contribution in [2.45, 2.75) is 17.4 Å². The number of esters is 1. The molecule has 2 rings (SSSR count). The van der Waals surface area contributed by atoms with Gasteiger partial charge in [-0.2, -0.15) is 0 Å². The molecule has 1 aromatic heterocycles. The van der Waals surface area contributed by atoms with Crippen LogP contribution < -0.4 is 10.6 Å². The number of methoxy groups -OCH3 is 1. The van der Waals surface area contributed by atoms with Crippen LogP contribution in [0.4, 0.5) is 10.5 Å².